The SMILES string of the molecule is CCCCCCCCCCCCCC(=O)O.OCC(O)CO.OCC(O)CO.OCC(O)CO.OCC(O)CO.OCC(O)CO. The first-order chi connectivity index (χ1) is 21.8. The molecule has 0 radical (unpaired) electrons. The van der Waals surface area contributed by atoms with Crippen LogP contribution < -0.4 is 0 Å². The monoisotopic (exact) mass is 688 g/mol. The lowest BCUT2D eigenvalue weighted by Crippen LogP contribution is -2.15. The zero-order valence-electron chi connectivity index (χ0n) is 27.5. The second kappa shape index (κ2) is 53.4. The van der Waals surface area contributed by atoms with E-state index in [-0.39, 0.29) is 66.1 Å². The number of carboxylic acids is 1. The van der Waals surface area contributed by atoms with Crippen LogP contribution >= 0.6 is 0 Å². The van der Waals surface area contributed by atoms with E-state index in [1.54, 1.807) is 0 Å². The van der Waals surface area contributed by atoms with Gasteiger partial charge in [-0.2, -0.15) is 0 Å². The number of unbranched alkanes of at least 4 members (excludes halogenated alkanes) is 10. The van der Waals surface area contributed by atoms with Crippen LogP contribution in [0.3, 0.4) is 0 Å². The van der Waals surface area contributed by atoms with Crippen molar-refractivity contribution in [3.05, 3.63) is 0 Å². The van der Waals surface area contributed by atoms with Crippen molar-refractivity contribution in [3.8, 4) is 0 Å². The Hall–Kier alpha value is -1.13. The van der Waals surface area contributed by atoms with Crippen LogP contribution in [0.2, 0.25) is 0 Å². The van der Waals surface area contributed by atoms with Gasteiger partial charge in [0.2, 0.25) is 0 Å². The summed E-state index contributed by atoms with van der Waals surface area (Å²) >= 11 is 0. The van der Waals surface area contributed by atoms with Crippen molar-refractivity contribution in [1.82, 2.24) is 0 Å². The summed E-state index contributed by atoms with van der Waals surface area (Å²) in [4.78, 5) is 10.3. The predicted octanol–water partition coefficient (Wildman–Crippen LogP) is -3.57. The van der Waals surface area contributed by atoms with Gasteiger partial charge in [0.1, 0.15) is 30.5 Å². The third-order valence-corrected chi connectivity index (χ3v) is 5.10. The molecule has 0 aromatic heterocycles. The van der Waals surface area contributed by atoms with Gasteiger partial charge in [-0.05, 0) is 6.42 Å². The fourth-order valence-corrected chi connectivity index (χ4v) is 2.23. The lowest BCUT2D eigenvalue weighted by molar-refractivity contribution is -0.137. The molecule has 286 valence electrons. The Morgan fingerprint density at radius 1 is 0.370 bits per heavy atom. The topological polar surface area (TPSA) is 341 Å². The van der Waals surface area contributed by atoms with Crippen molar-refractivity contribution >= 4 is 5.97 Å². The first-order valence-electron chi connectivity index (χ1n) is 15.5. The van der Waals surface area contributed by atoms with Gasteiger partial charge >= 0.3 is 5.97 Å². The molecule has 0 fully saturated rings. The second-order valence-electron chi connectivity index (χ2n) is 9.77. The number of carbonyl (C=O) groups is 1. The van der Waals surface area contributed by atoms with Crippen LogP contribution in [0, 0.1) is 0 Å². The average Bonchev–Trinajstić information content (AvgIpc) is 3.09. The van der Waals surface area contributed by atoms with Crippen LogP contribution in [0.15, 0.2) is 0 Å². The first-order valence-corrected chi connectivity index (χ1v) is 15.5. The first kappa shape index (κ1) is 57.2. The third-order valence-electron chi connectivity index (χ3n) is 5.10. The van der Waals surface area contributed by atoms with E-state index in [1.807, 2.05) is 0 Å². The molecule has 17 nitrogen and oxygen atoms in total. The molecular weight excluding hydrogens is 620 g/mol. The Labute approximate surface area is 273 Å². The van der Waals surface area contributed by atoms with Crippen molar-refractivity contribution in [3.63, 3.8) is 0 Å². The van der Waals surface area contributed by atoms with Crippen LogP contribution in [0.4, 0.5) is 0 Å². The quantitative estimate of drug-likeness (QED) is 0.0489. The molecule has 0 heterocycles. The average molecular weight is 689 g/mol. The molecule has 0 aliphatic rings. The van der Waals surface area contributed by atoms with Crippen LogP contribution in [-0.4, -0.2) is 184 Å². The Morgan fingerprint density at radius 2 is 0.543 bits per heavy atom. The van der Waals surface area contributed by atoms with E-state index in [4.69, 9.17) is 81.7 Å². The fourth-order valence-electron chi connectivity index (χ4n) is 2.23. The maximum absolute atomic E-state index is 10.3. The molecule has 0 rings (SSSR count). The number of aliphatic hydroxyl groups excluding tert-OH is 15. The number of hydrogen-bond acceptors (Lipinski definition) is 16. The van der Waals surface area contributed by atoms with Crippen LogP contribution in [0.1, 0.15) is 84.0 Å². The van der Waals surface area contributed by atoms with Crippen LogP contribution in [-0.2, 0) is 4.79 Å². The largest absolute Gasteiger partial charge is 0.481 e. The van der Waals surface area contributed by atoms with Gasteiger partial charge in [-0.15, -0.1) is 0 Å². The highest BCUT2D eigenvalue weighted by Crippen LogP contribution is 2.11. The molecule has 46 heavy (non-hydrogen) atoms. The number of aliphatic carboxylic acids is 1. The lowest BCUT2D eigenvalue weighted by atomic mass is 10.1. The molecule has 0 aliphatic carbocycles. The van der Waals surface area contributed by atoms with Gasteiger partial charge in [-0.25, -0.2) is 0 Å². The number of rotatable bonds is 22. The number of hydrogen-bond donors (Lipinski definition) is 16. The molecule has 0 saturated carbocycles. The summed E-state index contributed by atoms with van der Waals surface area (Å²) < 4.78 is 0. The van der Waals surface area contributed by atoms with Crippen molar-refractivity contribution in [2.45, 2.75) is 114 Å². The van der Waals surface area contributed by atoms with Gasteiger partial charge < -0.3 is 81.7 Å². The van der Waals surface area contributed by atoms with E-state index >= 15 is 0 Å². The van der Waals surface area contributed by atoms with E-state index in [1.165, 1.54) is 57.8 Å². The molecule has 17 heteroatoms. The maximum Gasteiger partial charge on any atom is 0.303 e. The van der Waals surface area contributed by atoms with Crippen molar-refractivity contribution in [2.24, 2.45) is 0 Å². The third kappa shape index (κ3) is 74.0. The smallest absolute Gasteiger partial charge is 0.303 e. The van der Waals surface area contributed by atoms with Gasteiger partial charge in [0.25, 0.3) is 0 Å². The molecule has 0 unspecified atom stereocenters. The van der Waals surface area contributed by atoms with E-state index in [2.05, 4.69) is 6.92 Å². The Balaban J connectivity index is -0.000000112. The maximum atomic E-state index is 10.3. The van der Waals surface area contributed by atoms with Gasteiger partial charge in [-0.3, -0.25) is 4.79 Å². The van der Waals surface area contributed by atoms with Crippen molar-refractivity contribution < 1.29 is 86.5 Å². The Morgan fingerprint density at radius 3 is 0.674 bits per heavy atom. The highest BCUT2D eigenvalue weighted by Gasteiger charge is 1.98. The van der Waals surface area contributed by atoms with Gasteiger partial charge in [-0.1, -0.05) is 71.1 Å². The van der Waals surface area contributed by atoms with Crippen LogP contribution in [0.5, 0.6) is 0 Å². The van der Waals surface area contributed by atoms with Gasteiger partial charge in [0, 0.05) is 6.42 Å². The predicted molar refractivity (Wildman–Crippen MR) is 170 cm³/mol. The van der Waals surface area contributed by atoms with Crippen LogP contribution in [0.25, 0.3) is 0 Å². The van der Waals surface area contributed by atoms with Gasteiger partial charge in [0.05, 0.1) is 66.1 Å². The summed E-state index contributed by atoms with van der Waals surface area (Å²) in [6, 6.07) is 0. The molecule has 0 aromatic rings. The fraction of sp³-hybridized carbons (Fsp3) is 0.966. The minimum atomic E-state index is -0.954. The molecule has 0 spiro atoms. The summed E-state index contributed by atoms with van der Waals surface area (Å²) in [6.07, 6.45) is 9.59. The summed E-state index contributed by atoms with van der Waals surface area (Å²) in [5.41, 5.74) is 0. The summed E-state index contributed by atoms with van der Waals surface area (Å²) in [7, 11) is 0. The molecular formula is C29H68O17. The normalized spacial score (nSPS) is 10.2. The zero-order valence-corrected chi connectivity index (χ0v) is 27.5. The van der Waals surface area contributed by atoms with Crippen molar-refractivity contribution in [2.75, 3.05) is 66.1 Å². The van der Waals surface area contributed by atoms with E-state index in [0.29, 0.717) is 6.42 Å². The minimum Gasteiger partial charge on any atom is -0.481 e. The highest BCUT2D eigenvalue weighted by molar-refractivity contribution is 5.66. The zero-order chi connectivity index (χ0) is 37.0. The second-order valence-corrected chi connectivity index (χ2v) is 9.77. The molecule has 0 atom stereocenters. The molecule has 16 N–H and O–H groups in total. The summed E-state index contributed by atoms with van der Waals surface area (Å²) in [5, 5.41) is 129. The standard InChI is InChI=1S/C14H28O2.5C3H8O3/c1-2-3-4-5-6-7-8-9-10-11-12-13-14(15)16;5*4-1-3(6)2-5/h2-13H2,1H3,(H,15,16);5*3-6H,1-2H2. The van der Waals surface area contributed by atoms with Gasteiger partial charge in [0.15, 0.2) is 0 Å². The number of aliphatic hydroxyl groups is 15. The van der Waals surface area contributed by atoms with Crippen molar-refractivity contribution in [1.29, 1.82) is 0 Å². The molecule has 0 bridgehead atoms. The lowest BCUT2D eigenvalue weighted by Gasteiger charge is -2.01. The Bertz CT molecular complexity index is 428. The molecule has 0 aromatic carbocycles. The van der Waals surface area contributed by atoms with E-state index < -0.39 is 36.5 Å². The number of carboxylic acid groups (broad SMARTS) is 1. The van der Waals surface area contributed by atoms with E-state index in [9.17, 15) is 4.79 Å². The summed E-state index contributed by atoms with van der Waals surface area (Å²) in [6.45, 7) is -1.40. The molecule has 0 saturated heterocycles. The molecule has 0 amide bonds. The molecule has 0 aliphatic heterocycles. The highest BCUT2D eigenvalue weighted by atomic mass is 16.4. The minimum absolute atomic E-state index is 0.344. The Kier molecular flexibility index (Phi) is 66.3. The summed E-state index contributed by atoms with van der Waals surface area (Å²) in [5.74, 6) is -0.657. The van der Waals surface area contributed by atoms with E-state index in [0.717, 1.165) is 12.8 Å².